The van der Waals surface area contributed by atoms with Gasteiger partial charge in [-0.15, -0.1) is 0 Å². The monoisotopic (exact) mass is 322 g/mol. The average Bonchev–Trinajstić information content (AvgIpc) is 3.11. The first kappa shape index (κ1) is 15.7. The number of nitrogens with one attached hydrogen (secondary N) is 1. The van der Waals surface area contributed by atoms with Crippen molar-refractivity contribution in [3.63, 3.8) is 0 Å². The minimum absolute atomic E-state index is 0.0179. The summed E-state index contributed by atoms with van der Waals surface area (Å²) in [7, 11) is 0. The first-order valence-electron chi connectivity index (χ1n) is 7.66. The van der Waals surface area contributed by atoms with Crippen LogP contribution in [-0.2, 0) is 0 Å². The molecule has 122 valence electrons. The number of aromatic nitrogens is 3. The average molecular weight is 322 g/mol. The predicted molar refractivity (Wildman–Crippen MR) is 91.5 cm³/mol. The van der Waals surface area contributed by atoms with Crippen LogP contribution in [0.4, 0.5) is 5.69 Å². The molecule has 6 heteroatoms. The molecular formula is C18H18N4O2. The lowest BCUT2D eigenvalue weighted by Crippen LogP contribution is -2.16. The van der Waals surface area contributed by atoms with Gasteiger partial charge in [0.25, 0.3) is 5.91 Å². The number of ether oxygens (including phenoxy) is 1. The highest BCUT2D eigenvalue weighted by molar-refractivity contribution is 6.03. The minimum atomic E-state index is -0.302. The van der Waals surface area contributed by atoms with E-state index in [1.54, 1.807) is 35.3 Å². The smallest absolute Gasteiger partial charge is 0.274 e. The lowest BCUT2D eigenvalue weighted by molar-refractivity contribution is 0.102. The van der Waals surface area contributed by atoms with E-state index < -0.39 is 0 Å². The van der Waals surface area contributed by atoms with E-state index in [0.29, 0.717) is 17.1 Å². The number of amides is 1. The van der Waals surface area contributed by atoms with Gasteiger partial charge in [0.2, 0.25) is 0 Å². The maximum atomic E-state index is 12.5. The van der Waals surface area contributed by atoms with Crippen LogP contribution in [0.3, 0.4) is 0 Å². The Morgan fingerprint density at radius 1 is 1.17 bits per heavy atom. The lowest BCUT2D eigenvalue weighted by atomic mass is 10.2. The maximum Gasteiger partial charge on any atom is 0.274 e. The van der Waals surface area contributed by atoms with Gasteiger partial charge in [-0.2, -0.15) is 5.10 Å². The van der Waals surface area contributed by atoms with Crippen molar-refractivity contribution in [2.75, 3.05) is 5.32 Å². The quantitative estimate of drug-likeness (QED) is 0.782. The third-order valence-corrected chi connectivity index (χ3v) is 3.24. The second kappa shape index (κ2) is 6.95. The van der Waals surface area contributed by atoms with Crippen LogP contribution < -0.4 is 10.1 Å². The van der Waals surface area contributed by atoms with Gasteiger partial charge in [0.1, 0.15) is 11.4 Å². The molecule has 0 aliphatic heterocycles. The minimum Gasteiger partial charge on any atom is -0.489 e. The molecule has 0 unspecified atom stereocenters. The number of para-hydroxylation sites is 2. The summed E-state index contributed by atoms with van der Waals surface area (Å²) in [5.74, 6) is 0.327. The highest BCUT2D eigenvalue weighted by Crippen LogP contribution is 2.25. The number of carbonyl (C=O) groups is 1. The van der Waals surface area contributed by atoms with Gasteiger partial charge in [-0.3, -0.25) is 9.78 Å². The van der Waals surface area contributed by atoms with Crippen molar-refractivity contribution in [3.05, 3.63) is 66.7 Å². The van der Waals surface area contributed by atoms with E-state index in [1.807, 2.05) is 44.3 Å². The second-order valence-corrected chi connectivity index (χ2v) is 5.47. The van der Waals surface area contributed by atoms with Gasteiger partial charge in [0.05, 0.1) is 17.5 Å². The van der Waals surface area contributed by atoms with E-state index in [9.17, 15) is 4.79 Å². The van der Waals surface area contributed by atoms with Crippen LogP contribution in [0.5, 0.6) is 5.75 Å². The van der Waals surface area contributed by atoms with Crippen LogP contribution in [0.1, 0.15) is 24.3 Å². The molecule has 24 heavy (non-hydrogen) atoms. The van der Waals surface area contributed by atoms with Crippen LogP contribution >= 0.6 is 0 Å². The molecule has 2 aromatic heterocycles. The number of pyridine rings is 1. The Kier molecular flexibility index (Phi) is 4.56. The third kappa shape index (κ3) is 3.60. The second-order valence-electron chi connectivity index (χ2n) is 5.47. The SMILES string of the molecule is CC(C)Oc1ccccc1NC(=O)c1cc(-n2cccn2)ccn1. The summed E-state index contributed by atoms with van der Waals surface area (Å²) in [6.45, 7) is 3.88. The van der Waals surface area contributed by atoms with Gasteiger partial charge in [0, 0.05) is 18.6 Å². The number of hydrogen-bond donors (Lipinski definition) is 1. The summed E-state index contributed by atoms with van der Waals surface area (Å²) in [5, 5.41) is 7.00. The standard InChI is InChI=1S/C18H18N4O2/c1-13(2)24-17-7-4-3-6-15(17)21-18(23)16-12-14(8-10-19-16)22-11-5-9-20-22/h3-13H,1-2H3,(H,21,23). The highest BCUT2D eigenvalue weighted by Gasteiger charge is 2.12. The molecule has 0 spiro atoms. The molecule has 0 radical (unpaired) electrons. The molecule has 0 saturated carbocycles. The first-order valence-corrected chi connectivity index (χ1v) is 7.66. The van der Waals surface area contributed by atoms with Crippen LogP contribution in [0.25, 0.3) is 5.69 Å². The summed E-state index contributed by atoms with van der Waals surface area (Å²) in [4.78, 5) is 16.7. The molecule has 0 aliphatic carbocycles. The fourth-order valence-corrected chi connectivity index (χ4v) is 2.22. The molecule has 0 aliphatic rings. The van der Waals surface area contributed by atoms with E-state index in [1.165, 1.54) is 0 Å². The van der Waals surface area contributed by atoms with Crippen molar-refractivity contribution in [1.82, 2.24) is 14.8 Å². The Hall–Kier alpha value is -3.15. The number of carbonyl (C=O) groups excluding carboxylic acids is 1. The largest absolute Gasteiger partial charge is 0.489 e. The number of hydrogen-bond acceptors (Lipinski definition) is 4. The van der Waals surface area contributed by atoms with Crippen LogP contribution in [-0.4, -0.2) is 26.8 Å². The molecule has 0 atom stereocenters. The Morgan fingerprint density at radius 3 is 2.75 bits per heavy atom. The molecule has 0 bridgehead atoms. The molecule has 1 N–H and O–H groups in total. The topological polar surface area (TPSA) is 69.0 Å². The molecule has 1 amide bonds. The van der Waals surface area contributed by atoms with E-state index in [4.69, 9.17) is 4.74 Å². The van der Waals surface area contributed by atoms with Crippen LogP contribution in [0.2, 0.25) is 0 Å². The van der Waals surface area contributed by atoms with Crippen molar-refractivity contribution in [3.8, 4) is 11.4 Å². The summed E-state index contributed by atoms with van der Waals surface area (Å²) >= 11 is 0. The normalized spacial score (nSPS) is 10.6. The Labute approximate surface area is 140 Å². The Morgan fingerprint density at radius 2 is 2.00 bits per heavy atom. The lowest BCUT2D eigenvalue weighted by Gasteiger charge is -2.14. The van der Waals surface area contributed by atoms with E-state index in [0.717, 1.165) is 5.69 Å². The fraction of sp³-hybridized carbons (Fsp3) is 0.167. The summed E-state index contributed by atoms with van der Waals surface area (Å²) in [5.41, 5.74) is 1.69. The van der Waals surface area contributed by atoms with Gasteiger partial charge in [-0.1, -0.05) is 12.1 Å². The van der Waals surface area contributed by atoms with Crippen molar-refractivity contribution in [2.24, 2.45) is 0 Å². The van der Waals surface area contributed by atoms with E-state index >= 15 is 0 Å². The van der Waals surface area contributed by atoms with E-state index in [-0.39, 0.29) is 12.0 Å². The molecule has 1 aromatic carbocycles. The van der Waals surface area contributed by atoms with Gasteiger partial charge in [0.15, 0.2) is 0 Å². The number of anilines is 1. The third-order valence-electron chi connectivity index (χ3n) is 3.24. The molecule has 3 rings (SSSR count). The zero-order valence-corrected chi connectivity index (χ0v) is 13.5. The predicted octanol–water partition coefficient (Wildman–Crippen LogP) is 3.31. The Balaban J connectivity index is 1.82. The van der Waals surface area contributed by atoms with Gasteiger partial charge in [-0.05, 0) is 44.2 Å². The van der Waals surface area contributed by atoms with Crippen LogP contribution in [0.15, 0.2) is 61.1 Å². The molecular weight excluding hydrogens is 304 g/mol. The molecule has 2 heterocycles. The molecule has 6 nitrogen and oxygen atoms in total. The van der Waals surface area contributed by atoms with Crippen LogP contribution in [0, 0.1) is 0 Å². The molecule has 0 fully saturated rings. The van der Waals surface area contributed by atoms with Crippen molar-refractivity contribution in [1.29, 1.82) is 0 Å². The summed E-state index contributed by atoms with van der Waals surface area (Å²) < 4.78 is 7.39. The fourth-order valence-electron chi connectivity index (χ4n) is 2.22. The van der Waals surface area contributed by atoms with Gasteiger partial charge >= 0.3 is 0 Å². The van der Waals surface area contributed by atoms with Gasteiger partial charge < -0.3 is 10.1 Å². The molecule has 3 aromatic rings. The van der Waals surface area contributed by atoms with Crippen molar-refractivity contribution >= 4 is 11.6 Å². The first-order chi connectivity index (χ1) is 11.6. The number of nitrogens with zero attached hydrogens (tertiary/aromatic N) is 3. The van der Waals surface area contributed by atoms with Gasteiger partial charge in [-0.25, -0.2) is 4.68 Å². The Bertz CT molecular complexity index is 829. The number of rotatable bonds is 5. The zero-order chi connectivity index (χ0) is 16.9. The van der Waals surface area contributed by atoms with E-state index in [2.05, 4.69) is 15.4 Å². The maximum absolute atomic E-state index is 12.5. The molecule has 0 saturated heterocycles. The van der Waals surface area contributed by atoms with Crippen molar-refractivity contribution < 1.29 is 9.53 Å². The summed E-state index contributed by atoms with van der Waals surface area (Å²) in [6, 6.07) is 12.6. The summed E-state index contributed by atoms with van der Waals surface area (Å²) in [6.07, 6.45) is 5.09. The number of benzene rings is 1. The zero-order valence-electron chi connectivity index (χ0n) is 13.5. The highest BCUT2D eigenvalue weighted by atomic mass is 16.5. The van der Waals surface area contributed by atoms with Crippen molar-refractivity contribution in [2.45, 2.75) is 20.0 Å².